The highest BCUT2D eigenvalue weighted by Gasteiger charge is 2.29. The van der Waals surface area contributed by atoms with E-state index in [1.54, 1.807) is 0 Å². The van der Waals surface area contributed by atoms with Crippen molar-refractivity contribution in [2.75, 3.05) is 13.2 Å². The van der Waals surface area contributed by atoms with Crippen molar-refractivity contribution in [3.63, 3.8) is 0 Å². The Labute approximate surface area is 100 Å². The zero-order valence-electron chi connectivity index (χ0n) is 10.1. The summed E-state index contributed by atoms with van der Waals surface area (Å²) in [6.45, 7) is 4.64. The van der Waals surface area contributed by atoms with E-state index in [2.05, 4.69) is 9.97 Å². The molecule has 0 N–H and O–H groups in total. The van der Waals surface area contributed by atoms with Crippen molar-refractivity contribution in [1.29, 1.82) is 0 Å². The number of nitrogens with zero attached hydrogens (tertiary/aromatic N) is 2. The molecule has 0 saturated heterocycles. The molecular weight excluding hydrogens is 220 g/mol. The van der Waals surface area contributed by atoms with Gasteiger partial charge in [0, 0.05) is 5.92 Å². The molecule has 17 heavy (non-hydrogen) atoms. The van der Waals surface area contributed by atoms with Crippen molar-refractivity contribution in [3.05, 3.63) is 11.4 Å². The van der Waals surface area contributed by atoms with E-state index in [-0.39, 0.29) is 0 Å². The minimum atomic E-state index is 0.304. The van der Waals surface area contributed by atoms with E-state index < -0.39 is 0 Å². The average Bonchev–Trinajstić information content (AvgIpc) is 3.13. The lowest BCUT2D eigenvalue weighted by Crippen LogP contribution is -2.08. The van der Waals surface area contributed by atoms with Crippen molar-refractivity contribution in [3.8, 4) is 11.8 Å². The molecule has 1 aliphatic rings. The summed E-state index contributed by atoms with van der Waals surface area (Å²) < 4.78 is 10.7. The first-order chi connectivity index (χ1) is 8.30. The van der Waals surface area contributed by atoms with Crippen molar-refractivity contribution < 1.29 is 14.3 Å². The third kappa shape index (κ3) is 2.54. The maximum Gasteiger partial charge on any atom is 0.231 e. The van der Waals surface area contributed by atoms with Crippen LogP contribution in [0.1, 0.15) is 48.8 Å². The van der Waals surface area contributed by atoms with Gasteiger partial charge in [0.25, 0.3) is 0 Å². The Morgan fingerprint density at radius 2 is 1.71 bits per heavy atom. The minimum absolute atomic E-state index is 0.304. The van der Waals surface area contributed by atoms with Gasteiger partial charge in [-0.1, -0.05) is 0 Å². The van der Waals surface area contributed by atoms with Gasteiger partial charge in [0.2, 0.25) is 11.8 Å². The maximum absolute atomic E-state index is 11.1. The molecule has 5 nitrogen and oxygen atoms in total. The molecule has 0 bridgehead atoms. The highest BCUT2D eigenvalue weighted by Crippen LogP contribution is 2.40. The fourth-order valence-electron chi connectivity index (χ4n) is 1.56. The summed E-state index contributed by atoms with van der Waals surface area (Å²) in [5, 5.41) is 0. The molecule has 2 rings (SSSR count). The number of ether oxygens (including phenoxy) is 2. The molecule has 1 aromatic rings. The highest BCUT2D eigenvalue weighted by atomic mass is 16.5. The normalized spacial score (nSPS) is 14.5. The van der Waals surface area contributed by atoms with Gasteiger partial charge in [0.1, 0.15) is 11.4 Å². The molecule has 92 valence electrons. The number of hydrogen-bond donors (Lipinski definition) is 0. The summed E-state index contributed by atoms with van der Waals surface area (Å²) in [5.74, 6) is 1.79. The van der Waals surface area contributed by atoms with Gasteiger partial charge in [-0.25, -0.2) is 0 Å². The van der Waals surface area contributed by atoms with Crippen LogP contribution in [0, 0.1) is 0 Å². The Bertz CT molecular complexity index is 389. The third-order valence-electron chi connectivity index (χ3n) is 2.52. The van der Waals surface area contributed by atoms with Crippen molar-refractivity contribution in [1.82, 2.24) is 9.97 Å². The van der Waals surface area contributed by atoms with Crippen LogP contribution in [0.15, 0.2) is 0 Å². The largest absolute Gasteiger partial charge is 0.477 e. The lowest BCUT2D eigenvalue weighted by Gasteiger charge is -2.11. The summed E-state index contributed by atoms with van der Waals surface area (Å²) in [6, 6.07) is 0. The van der Waals surface area contributed by atoms with Crippen LogP contribution in [-0.4, -0.2) is 29.5 Å². The fourth-order valence-corrected chi connectivity index (χ4v) is 1.56. The maximum atomic E-state index is 11.1. The summed E-state index contributed by atoms with van der Waals surface area (Å²) in [6.07, 6.45) is 2.88. The Balaban J connectivity index is 2.42. The first-order valence-electron chi connectivity index (χ1n) is 5.92. The SMILES string of the molecule is CCOc1nc(C2CC2)nc(OCC)c1C=O. The second kappa shape index (κ2) is 5.12. The fraction of sp³-hybridized carbons (Fsp3) is 0.583. The molecule has 0 aliphatic heterocycles. The van der Waals surface area contributed by atoms with Crippen LogP contribution in [0.2, 0.25) is 0 Å². The summed E-state index contributed by atoms with van der Waals surface area (Å²) >= 11 is 0. The number of hydrogen-bond acceptors (Lipinski definition) is 5. The number of carbonyl (C=O) groups excluding carboxylic acids is 1. The van der Waals surface area contributed by atoms with E-state index in [1.165, 1.54) is 0 Å². The lowest BCUT2D eigenvalue weighted by molar-refractivity contribution is 0.111. The number of rotatable bonds is 6. The summed E-state index contributed by atoms with van der Waals surface area (Å²) in [5.41, 5.74) is 0.304. The molecule has 0 spiro atoms. The van der Waals surface area contributed by atoms with E-state index in [0.29, 0.717) is 42.7 Å². The highest BCUT2D eigenvalue weighted by molar-refractivity contribution is 5.81. The van der Waals surface area contributed by atoms with Gasteiger partial charge in [0.05, 0.1) is 13.2 Å². The number of carbonyl (C=O) groups is 1. The van der Waals surface area contributed by atoms with Crippen molar-refractivity contribution in [2.24, 2.45) is 0 Å². The first kappa shape index (κ1) is 11.8. The van der Waals surface area contributed by atoms with Crippen LogP contribution >= 0.6 is 0 Å². The van der Waals surface area contributed by atoms with Gasteiger partial charge >= 0.3 is 0 Å². The van der Waals surface area contributed by atoms with Crippen LogP contribution in [0.3, 0.4) is 0 Å². The van der Waals surface area contributed by atoms with Crippen molar-refractivity contribution >= 4 is 6.29 Å². The molecule has 1 saturated carbocycles. The molecule has 1 aliphatic carbocycles. The molecule has 0 unspecified atom stereocenters. The van der Waals surface area contributed by atoms with Gasteiger partial charge in [-0.15, -0.1) is 0 Å². The van der Waals surface area contributed by atoms with Crippen LogP contribution in [0.25, 0.3) is 0 Å². The second-order valence-electron chi connectivity index (χ2n) is 3.86. The third-order valence-corrected chi connectivity index (χ3v) is 2.52. The predicted molar refractivity (Wildman–Crippen MR) is 61.7 cm³/mol. The van der Waals surface area contributed by atoms with E-state index in [1.807, 2.05) is 13.8 Å². The number of aromatic nitrogens is 2. The molecule has 5 heteroatoms. The zero-order valence-corrected chi connectivity index (χ0v) is 10.1. The summed E-state index contributed by atoms with van der Waals surface area (Å²) in [7, 11) is 0. The molecular formula is C12H16N2O3. The molecule has 0 atom stereocenters. The Kier molecular flexibility index (Phi) is 3.56. The Morgan fingerprint density at radius 3 is 2.06 bits per heavy atom. The molecule has 0 amide bonds. The lowest BCUT2D eigenvalue weighted by atomic mass is 10.3. The van der Waals surface area contributed by atoms with Crippen LogP contribution in [0.4, 0.5) is 0 Å². The molecule has 1 heterocycles. The molecule has 0 radical (unpaired) electrons. The minimum Gasteiger partial charge on any atom is -0.477 e. The van der Waals surface area contributed by atoms with Crippen LogP contribution in [0.5, 0.6) is 11.8 Å². The van der Waals surface area contributed by atoms with E-state index in [9.17, 15) is 4.79 Å². The van der Waals surface area contributed by atoms with Crippen LogP contribution in [-0.2, 0) is 0 Å². The number of aldehydes is 1. The van der Waals surface area contributed by atoms with E-state index >= 15 is 0 Å². The van der Waals surface area contributed by atoms with E-state index in [4.69, 9.17) is 9.47 Å². The topological polar surface area (TPSA) is 61.3 Å². The molecule has 1 aromatic heterocycles. The molecule has 1 fully saturated rings. The van der Waals surface area contributed by atoms with Gasteiger partial charge in [-0.3, -0.25) is 4.79 Å². The Morgan fingerprint density at radius 1 is 1.18 bits per heavy atom. The van der Waals surface area contributed by atoms with Gasteiger partial charge in [-0.05, 0) is 26.7 Å². The Hall–Kier alpha value is -1.65. The van der Waals surface area contributed by atoms with Gasteiger partial charge in [0.15, 0.2) is 6.29 Å². The monoisotopic (exact) mass is 236 g/mol. The van der Waals surface area contributed by atoms with Crippen LogP contribution < -0.4 is 9.47 Å². The average molecular weight is 236 g/mol. The smallest absolute Gasteiger partial charge is 0.231 e. The van der Waals surface area contributed by atoms with Gasteiger partial charge < -0.3 is 9.47 Å². The first-order valence-corrected chi connectivity index (χ1v) is 5.92. The quantitative estimate of drug-likeness (QED) is 0.706. The molecule has 0 aromatic carbocycles. The van der Waals surface area contributed by atoms with Crippen molar-refractivity contribution in [2.45, 2.75) is 32.6 Å². The zero-order chi connectivity index (χ0) is 12.3. The predicted octanol–water partition coefficient (Wildman–Crippen LogP) is 1.96. The van der Waals surface area contributed by atoms with Gasteiger partial charge in [-0.2, -0.15) is 9.97 Å². The standard InChI is InChI=1S/C12H16N2O3/c1-3-16-11-9(7-15)12(17-4-2)14-10(13-11)8-5-6-8/h7-8H,3-6H2,1-2H3. The second-order valence-corrected chi connectivity index (χ2v) is 3.86. The summed E-state index contributed by atoms with van der Waals surface area (Å²) in [4.78, 5) is 19.6. The van der Waals surface area contributed by atoms with E-state index in [0.717, 1.165) is 18.7 Å².